The first-order chi connectivity index (χ1) is 12.2. The van der Waals surface area contributed by atoms with Crippen LogP contribution in [-0.2, 0) is 11.3 Å². The third-order valence-electron chi connectivity index (χ3n) is 4.33. The van der Waals surface area contributed by atoms with Crippen molar-refractivity contribution in [1.82, 2.24) is 0 Å². The summed E-state index contributed by atoms with van der Waals surface area (Å²) in [5, 5.41) is 0. The van der Waals surface area contributed by atoms with E-state index in [1.165, 1.54) is 19.3 Å². The Morgan fingerprint density at radius 1 is 1.00 bits per heavy atom. The minimum atomic E-state index is -0.315. The molecular weight excluding hydrogens is 312 g/mol. The summed E-state index contributed by atoms with van der Waals surface area (Å²) in [6.45, 7) is 5.43. The molecule has 1 unspecified atom stereocenters. The van der Waals surface area contributed by atoms with Crippen LogP contribution >= 0.6 is 0 Å². The fourth-order valence-corrected chi connectivity index (χ4v) is 2.61. The molecule has 0 aliphatic rings. The van der Waals surface area contributed by atoms with Crippen LogP contribution in [0.15, 0.2) is 54.6 Å². The first-order valence-electron chi connectivity index (χ1n) is 9.16. The van der Waals surface area contributed by atoms with Crippen LogP contribution in [0.2, 0.25) is 0 Å². The zero-order valence-corrected chi connectivity index (χ0v) is 15.2. The largest absolute Gasteiger partial charge is 0.493 e. The second kappa shape index (κ2) is 10.5. The molecule has 3 heteroatoms. The summed E-state index contributed by atoms with van der Waals surface area (Å²) >= 11 is 0. The van der Waals surface area contributed by atoms with Crippen molar-refractivity contribution in [3.8, 4) is 5.75 Å². The maximum absolute atomic E-state index is 12.1. The molecule has 0 saturated heterocycles. The number of unbranched alkanes of at least 4 members (excludes halogenated alkanes) is 1. The lowest BCUT2D eigenvalue weighted by Gasteiger charge is -2.15. The van der Waals surface area contributed by atoms with Crippen LogP contribution < -0.4 is 4.74 Å². The Hall–Kier alpha value is -2.29. The lowest BCUT2D eigenvalue weighted by Crippen LogP contribution is -2.11. The maximum Gasteiger partial charge on any atom is 0.338 e. The average Bonchev–Trinajstić information content (AvgIpc) is 2.67. The van der Waals surface area contributed by atoms with Gasteiger partial charge in [-0.1, -0.05) is 63.4 Å². The van der Waals surface area contributed by atoms with Gasteiger partial charge in [-0.2, -0.15) is 0 Å². The maximum atomic E-state index is 12.1. The normalized spacial score (nSPS) is 11.8. The van der Waals surface area contributed by atoms with E-state index < -0.39 is 0 Å². The first-order valence-corrected chi connectivity index (χ1v) is 9.16. The molecule has 0 radical (unpaired) electrons. The molecule has 0 saturated carbocycles. The van der Waals surface area contributed by atoms with Crippen LogP contribution in [0, 0.1) is 5.92 Å². The second-order valence-corrected chi connectivity index (χ2v) is 6.31. The van der Waals surface area contributed by atoms with E-state index in [1.807, 2.05) is 42.5 Å². The second-order valence-electron chi connectivity index (χ2n) is 6.31. The van der Waals surface area contributed by atoms with Crippen LogP contribution in [-0.4, -0.2) is 12.6 Å². The highest BCUT2D eigenvalue weighted by Crippen LogP contribution is 2.18. The van der Waals surface area contributed by atoms with Crippen molar-refractivity contribution >= 4 is 5.97 Å². The van der Waals surface area contributed by atoms with Gasteiger partial charge in [-0.25, -0.2) is 4.79 Å². The summed E-state index contributed by atoms with van der Waals surface area (Å²) in [7, 11) is 0. The van der Waals surface area contributed by atoms with E-state index in [-0.39, 0.29) is 12.6 Å². The predicted molar refractivity (Wildman–Crippen MR) is 101 cm³/mol. The van der Waals surface area contributed by atoms with Crippen LogP contribution in [0.1, 0.15) is 55.5 Å². The van der Waals surface area contributed by atoms with Crippen LogP contribution in [0.4, 0.5) is 0 Å². The van der Waals surface area contributed by atoms with Gasteiger partial charge in [-0.05, 0) is 42.2 Å². The minimum absolute atomic E-state index is 0.285. The molecule has 3 nitrogen and oxygen atoms in total. The average molecular weight is 340 g/mol. The van der Waals surface area contributed by atoms with Crippen molar-refractivity contribution in [1.29, 1.82) is 0 Å². The van der Waals surface area contributed by atoms with Crippen molar-refractivity contribution in [3.05, 3.63) is 65.7 Å². The Morgan fingerprint density at radius 2 is 1.72 bits per heavy atom. The highest BCUT2D eigenvalue weighted by Gasteiger charge is 2.09. The lowest BCUT2D eigenvalue weighted by atomic mass is 10.0. The monoisotopic (exact) mass is 340 g/mol. The molecule has 0 spiro atoms. The molecule has 0 fully saturated rings. The predicted octanol–water partition coefficient (Wildman–Crippen LogP) is 5.64. The van der Waals surface area contributed by atoms with Gasteiger partial charge in [0.05, 0.1) is 12.2 Å². The Morgan fingerprint density at radius 3 is 2.36 bits per heavy atom. The van der Waals surface area contributed by atoms with Crippen LogP contribution in [0.25, 0.3) is 0 Å². The van der Waals surface area contributed by atoms with Gasteiger partial charge in [0, 0.05) is 0 Å². The first kappa shape index (κ1) is 19.0. The topological polar surface area (TPSA) is 35.5 Å². The number of rotatable bonds is 10. The van der Waals surface area contributed by atoms with E-state index in [4.69, 9.17) is 9.47 Å². The molecule has 0 N–H and O–H groups in total. The highest BCUT2D eigenvalue weighted by molar-refractivity contribution is 5.89. The zero-order valence-electron chi connectivity index (χ0n) is 15.2. The Balaban J connectivity index is 1.81. The summed E-state index contributed by atoms with van der Waals surface area (Å²) < 4.78 is 11.2. The van der Waals surface area contributed by atoms with Gasteiger partial charge in [-0.3, -0.25) is 0 Å². The number of esters is 1. The Labute approximate surface area is 151 Å². The summed E-state index contributed by atoms with van der Waals surface area (Å²) in [5.74, 6) is 1.08. The summed E-state index contributed by atoms with van der Waals surface area (Å²) in [4.78, 5) is 12.1. The molecule has 0 bridgehead atoms. The zero-order chi connectivity index (χ0) is 17.9. The molecule has 0 amide bonds. The SMILES string of the molecule is CCCCC(CC)COc1ccc(C(=O)OCc2ccccc2)cc1. The molecule has 0 heterocycles. The summed E-state index contributed by atoms with van der Waals surface area (Å²) in [6, 6.07) is 16.9. The fraction of sp³-hybridized carbons (Fsp3) is 0.409. The molecule has 0 aromatic heterocycles. The number of carbonyl (C=O) groups excluding carboxylic acids is 1. The molecule has 0 aliphatic heterocycles. The number of carbonyl (C=O) groups is 1. The summed E-state index contributed by atoms with van der Waals surface area (Å²) in [5.41, 5.74) is 1.52. The van der Waals surface area contributed by atoms with Crippen molar-refractivity contribution < 1.29 is 14.3 Å². The molecule has 2 aromatic rings. The van der Waals surface area contributed by atoms with Crippen molar-refractivity contribution in [3.63, 3.8) is 0 Å². The van der Waals surface area contributed by atoms with Gasteiger partial charge in [-0.15, -0.1) is 0 Å². The number of hydrogen-bond donors (Lipinski definition) is 0. The lowest BCUT2D eigenvalue weighted by molar-refractivity contribution is 0.0472. The van der Waals surface area contributed by atoms with E-state index in [0.717, 1.165) is 24.3 Å². The van der Waals surface area contributed by atoms with Gasteiger partial charge in [0.2, 0.25) is 0 Å². The Kier molecular flexibility index (Phi) is 8.03. The van der Waals surface area contributed by atoms with Crippen molar-refractivity contribution in [2.75, 3.05) is 6.61 Å². The molecular formula is C22H28O3. The molecule has 2 rings (SSSR count). The number of ether oxygens (including phenoxy) is 2. The third kappa shape index (κ3) is 6.61. The number of benzene rings is 2. The van der Waals surface area contributed by atoms with Crippen molar-refractivity contribution in [2.45, 2.75) is 46.1 Å². The number of hydrogen-bond acceptors (Lipinski definition) is 3. The molecule has 0 aliphatic carbocycles. The molecule has 25 heavy (non-hydrogen) atoms. The van der Waals surface area contributed by atoms with Crippen LogP contribution in [0.3, 0.4) is 0 Å². The fourth-order valence-electron chi connectivity index (χ4n) is 2.61. The van der Waals surface area contributed by atoms with Crippen LogP contribution in [0.5, 0.6) is 5.75 Å². The molecule has 1 atom stereocenters. The van der Waals surface area contributed by atoms with E-state index in [9.17, 15) is 4.79 Å². The van der Waals surface area contributed by atoms with Gasteiger partial charge in [0.25, 0.3) is 0 Å². The third-order valence-corrected chi connectivity index (χ3v) is 4.33. The van der Waals surface area contributed by atoms with Gasteiger partial charge < -0.3 is 9.47 Å². The van der Waals surface area contributed by atoms with Gasteiger partial charge >= 0.3 is 5.97 Å². The standard InChI is InChI=1S/C22H28O3/c1-3-5-9-18(4-2)16-24-21-14-12-20(13-15-21)22(23)25-17-19-10-7-6-8-11-19/h6-8,10-15,18H,3-5,9,16-17H2,1-2H3. The molecule has 134 valence electrons. The van der Waals surface area contributed by atoms with E-state index in [1.54, 1.807) is 12.1 Å². The van der Waals surface area contributed by atoms with E-state index in [0.29, 0.717) is 11.5 Å². The van der Waals surface area contributed by atoms with Gasteiger partial charge in [0.15, 0.2) is 0 Å². The van der Waals surface area contributed by atoms with Gasteiger partial charge in [0.1, 0.15) is 12.4 Å². The molecule has 2 aromatic carbocycles. The van der Waals surface area contributed by atoms with E-state index >= 15 is 0 Å². The smallest absolute Gasteiger partial charge is 0.338 e. The Bertz CT molecular complexity index is 619. The minimum Gasteiger partial charge on any atom is -0.493 e. The highest BCUT2D eigenvalue weighted by atomic mass is 16.5. The van der Waals surface area contributed by atoms with E-state index in [2.05, 4.69) is 13.8 Å². The quantitative estimate of drug-likeness (QED) is 0.525. The summed E-state index contributed by atoms with van der Waals surface area (Å²) in [6.07, 6.45) is 4.80. The van der Waals surface area contributed by atoms with Crippen molar-refractivity contribution in [2.24, 2.45) is 5.92 Å².